The van der Waals surface area contributed by atoms with Crippen molar-refractivity contribution >= 4 is 11.8 Å². The summed E-state index contributed by atoms with van der Waals surface area (Å²) in [4.78, 5) is 15.4. The summed E-state index contributed by atoms with van der Waals surface area (Å²) in [5, 5.41) is 12.5. The maximum absolute atomic E-state index is 10.9. The minimum atomic E-state index is -0.644. The molecule has 19 heavy (non-hydrogen) atoms. The van der Waals surface area contributed by atoms with Crippen LogP contribution in [0.2, 0.25) is 0 Å². The highest BCUT2D eigenvalue weighted by Crippen LogP contribution is 2.28. The monoisotopic (exact) mass is 260 g/mol. The molecule has 2 N–H and O–H groups in total. The first-order valence-electron chi connectivity index (χ1n) is 7.19. The van der Waals surface area contributed by atoms with Gasteiger partial charge in [0.1, 0.15) is 5.82 Å². The number of carboxylic acid groups (broad SMARTS) is 1. The molecule has 2 aliphatic rings. The van der Waals surface area contributed by atoms with Crippen LogP contribution in [0.1, 0.15) is 43.2 Å². The molecular weight excluding hydrogens is 240 g/mol. The highest BCUT2D eigenvalue weighted by molar-refractivity contribution is 5.70. The number of fused-ring (bicyclic) bond motifs is 1. The minimum absolute atomic E-state index is 0.147. The van der Waals surface area contributed by atoms with Crippen LogP contribution in [-0.4, -0.2) is 22.1 Å². The molecule has 0 unspecified atom stereocenters. The second-order valence-corrected chi connectivity index (χ2v) is 5.72. The molecule has 0 spiro atoms. The van der Waals surface area contributed by atoms with E-state index in [1.807, 2.05) is 6.20 Å². The van der Waals surface area contributed by atoms with Gasteiger partial charge in [-0.2, -0.15) is 0 Å². The summed E-state index contributed by atoms with van der Waals surface area (Å²) in [7, 11) is 0. The van der Waals surface area contributed by atoms with Gasteiger partial charge in [0, 0.05) is 12.2 Å². The van der Waals surface area contributed by atoms with E-state index < -0.39 is 5.97 Å². The normalized spacial score (nSPS) is 25.9. The Morgan fingerprint density at radius 3 is 2.68 bits per heavy atom. The van der Waals surface area contributed by atoms with E-state index in [4.69, 9.17) is 5.11 Å². The Morgan fingerprint density at radius 1 is 1.21 bits per heavy atom. The van der Waals surface area contributed by atoms with Crippen LogP contribution in [0, 0.1) is 5.92 Å². The van der Waals surface area contributed by atoms with Gasteiger partial charge in [0.2, 0.25) is 0 Å². The molecular formula is C15H20N2O2. The van der Waals surface area contributed by atoms with Gasteiger partial charge in [-0.15, -0.1) is 0 Å². The summed E-state index contributed by atoms with van der Waals surface area (Å²) in [5.74, 6) is 0.166. The Hall–Kier alpha value is -1.58. The molecule has 4 heteroatoms. The molecule has 0 saturated heterocycles. The van der Waals surface area contributed by atoms with Gasteiger partial charge in [0.25, 0.3) is 0 Å². The number of aliphatic carboxylic acids is 1. The van der Waals surface area contributed by atoms with Crippen LogP contribution in [0.4, 0.5) is 5.82 Å². The third-order valence-electron chi connectivity index (χ3n) is 4.40. The Kier molecular flexibility index (Phi) is 3.40. The number of carbonyl (C=O) groups is 1. The molecule has 0 radical (unpaired) electrons. The quantitative estimate of drug-likeness (QED) is 0.877. The van der Waals surface area contributed by atoms with Crippen molar-refractivity contribution in [3.63, 3.8) is 0 Å². The SMILES string of the molecule is O=C(O)C1CCC(Nc2cc3c(cn2)CCC3)CC1. The lowest BCUT2D eigenvalue weighted by Gasteiger charge is -2.27. The third kappa shape index (κ3) is 2.72. The molecule has 1 aromatic rings. The van der Waals surface area contributed by atoms with Crippen LogP contribution in [0.3, 0.4) is 0 Å². The number of anilines is 1. The first kappa shape index (κ1) is 12.5. The summed E-state index contributed by atoms with van der Waals surface area (Å²) < 4.78 is 0. The standard InChI is InChI=1S/C15H20N2O2/c18-15(19)10-4-6-13(7-5-10)17-14-8-11-2-1-3-12(11)9-16-14/h8-10,13H,1-7H2,(H,16,17)(H,18,19). The van der Waals surface area contributed by atoms with E-state index in [1.165, 1.54) is 17.5 Å². The molecule has 3 rings (SSSR count). The third-order valence-corrected chi connectivity index (χ3v) is 4.40. The summed E-state index contributed by atoms with van der Waals surface area (Å²) in [6.07, 6.45) is 8.96. The molecule has 0 aromatic carbocycles. The molecule has 1 heterocycles. The van der Waals surface area contributed by atoms with Gasteiger partial charge in [-0.1, -0.05) is 0 Å². The summed E-state index contributed by atoms with van der Waals surface area (Å²) in [6.45, 7) is 0. The molecule has 1 aromatic heterocycles. The molecule has 0 aliphatic heterocycles. The first-order chi connectivity index (χ1) is 9.22. The summed E-state index contributed by atoms with van der Waals surface area (Å²) in [5.41, 5.74) is 2.82. The fourth-order valence-electron chi connectivity index (χ4n) is 3.23. The van der Waals surface area contributed by atoms with Crippen LogP contribution >= 0.6 is 0 Å². The van der Waals surface area contributed by atoms with Gasteiger partial charge >= 0.3 is 5.97 Å². The smallest absolute Gasteiger partial charge is 0.306 e. The van der Waals surface area contributed by atoms with E-state index >= 15 is 0 Å². The van der Waals surface area contributed by atoms with E-state index in [2.05, 4.69) is 16.4 Å². The second kappa shape index (κ2) is 5.19. The Bertz CT molecular complexity index is 479. The predicted octanol–water partition coefficient (Wildman–Crippen LogP) is 2.63. The Balaban J connectivity index is 1.59. The molecule has 1 fully saturated rings. The average molecular weight is 260 g/mol. The zero-order chi connectivity index (χ0) is 13.2. The van der Waals surface area contributed by atoms with Crippen molar-refractivity contribution in [1.82, 2.24) is 4.98 Å². The number of aromatic nitrogens is 1. The molecule has 0 atom stereocenters. The number of rotatable bonds is 3. The van der Waals surface area contributed by atoms with Crippen molar-refractivity contribution in [1.29, 1.82) is 0 Å². The van der Waals surface area contributed by atoms with Crippen molar-refractivity contribution in [2.75, 3.05) is 5.32 Å². The van der Waals surface area contributed by atoms with Crippen LogP contribution in [0.25, 0.3) is 0 Å². The fourth-order valence-corrected chi connectivity index (χ4v) is 3.23. The largest absolute Gasteiger partial charge is 0.481 e. The van der Waals surface area contributed by atoms with Crippen LogP contribution < -0.4 is 5.32 Å². The number of nitrogens with one attached hydrogen (secondary N) is 1. The second-order valence-electron chi connectivity index (χ2n) is 5.72. The Labute approximate surface area is 113 Å². The van der Waals surface area contributed by atoms with Crippen molar-refractivity contribution in [3.05, 3.63) is 23.4 Å². The van der Waals surface area contributed by atoms with Gasteiger partial charge < -0.3 is 10.4 Å². The topological polar surface area (TPSA) is 62.2 Å². The molecule has 2 aliphatic carbocycles. The summed E-state index contributed by atoms with van der Waals surface area (Å²) in [6, 6.07) is 2.55. The van der Waals surface area contributed by atoms with Crippen molar-refractivity contribution in [2.45, 2.75) is 51.0 Å². The number of hydrogen-bond acceptors (Lipinski definition) is 3. The molecule has 102 valence electrons. The minimum Gasteiger partial charge on any atom is -0.481 e. The molecule has 1 saturated carbocycles. The van der Waals surface area contributed by atoms with E-state index in [0.29, 0.717) is 6.04 Å². The number of nitrogens with zero attached hydrogens (tertiary/aromatic N) is 1. The number of hydrogen-bond donors (Lipinski definition) is 2. The molecule has 0 bridgehead atoms. The van der Waals surface area contributed by atoms with Crippen molar-refractivity contribution < 1.29 is 9.90 Å². The number of carboxylic acids is 1. The van der Waals surface area contributed by atoms with E-state index in [9.17, 15) is 4.79 Å². The highest BCUT2D eigenvalue weighted by atomic mass is 16.4. The van der Waals surface area contributed by atoms with Gasteiger partial charge in [0.15, 0.2) is 0 Å². The summed E-state index contributed by atoms with van der Waals surface area (Å²) >= 11 is 0. The van der Waals surface area contributed by atoms with Gasteiger partial charge in [-0.25, -0.2) is 4.98 Å². The van der Waals surface area contributed by atoms with Crippen molar-refractivity contribution in [2.24, 2.45) is 5.92 Å². The lowest BCUT2D eigenvalue weighted by molar-refractivity contribution is -0.142. The van der Waals surface area contributed by atoms with E-state index in [0.717, 1.165) is 44.3 Å². The number of aryl methyl sites for hydroxylation is 2. The van der Waals surface area contributed by atoms with Crippen LogP contribution in [0.15, 0.2) is 12.3 Å². The van der Waals surface area contributed by atoms with Gasteiger partial charge in [-0.05, 0) is 62.1 Å². The molecule has 4 nitrogen and oxygen atoms in total. The maximum Gasteiger partial charge on any atom is 0.306 e. The maximum atomic E-state index is 10.9. The lowest BCUT2D eigenvalue weighted by Crippen LogP contribution is -2.29. The van der Waals surface area contributed by atoms with Gasteiger partial charge in [0.05, 0.1) is 5.92 Å². The lowest BCUT2D eigenvalue weighted by atomic mass is 9.86. The Morgan fingerprint density at radius 2 is 1.95 bits per heavy atom. The first-order valence-corrected chi connectivity index (χ1v) is 7.19. The van der Waals surface area contributed by atoms with Crippen LogP contribution in [0.5, 0.6) is 0 Å². The van der Waals surface area contributed by atoms with E-state index in [1.54, 1.807) is 0 Å². The van der Waals surface area contributed by atoms with E-state index in [-0.39, 0.29) is 5.92 Å². The van der Waals surface area contributed by atoms with Crippen molar-refractivity contribution in [3.8, 4) is 0 Å². The zero-order valence-corrected chi connectivity index (χ0v) is 11.1. The fraction of sp³-hybridized carbons (Fsp3) is 0.600. The van der Waals surface area contributed by atoms with Crippen LogP contribution in [-0.2, 0) is 17.6 Å². The molecule has 0 amide bonds. The van der Waals surface area contributed by atoms with Gasteiger partial charge in [-0.3, -0.25) is 4.79 Å². The number of pyridine rings is 1. The zero-order valence-electron chi connectivity index (χ0n) is 11.1. The highest BCUT2D eigenvalue weighted by Gasteiger charge is 2.26. The average Bonchev–Trinajstić information content (AvgIpc) is 2.87. The predicted molar refractivity (Wildman–Crippen MR) is 73.3 cm³/mol.